The summed E-state index contributed by atoms with van der Waals surface area (Å²) in [6, 6.07) is 14.9. The largest absolute Gasteiger partial charge is 0.457 e. The van der Waals surface area contributed by atoms with Crippen molar-refractivity contribution < 1.29 is 27.6 Å². The summed E-state index contributed by atoms with van der Waals surface area (Å²) >= 11 is 3.32. The number of benzene rings is 3. The molecule has 0 radical (unpaired) electrons. The number of non-ortho nitro benzene ring substituents is 1. The zero-order valence-corrected chi connectivity index (χ0v) is 23.4. The quantitative estimate of drug-likeness (QED) is 0.164. The topological polar surface area (TPSA) is 111 Å². The van der Waals surface area contributed by atoms with Crippen LogP contribution in [-0.4, -0.2) is 26.8 Å². The van der Waals surface area contributed by atoms with Gasteiger partial charge in [-0.25, -0.2) is 4.68 Å². The molecule has 2 N–H and O–H groups in total. The van der Waals surface area contributed by atoms with Crippen molar-refractivity contribution in [2.75, 3.05) is 10.6 Å². The number of hydrogen-bond donors (Lipinski definition) is 2. The van der Waals surface area contributed by atoms with Crippen molar-refractivity contribution >= 4 is 39.0 Å². The molecule has 1 aliphatic carbocycles. The molecule has 0 spiro atoms. The third kappa shape index (κ3) is 5.69. The van der Waals surface area contributed by atoms with Crippen LogP contribution in [0.3, 0.4) is 0 Å². The molecule has 0 fully saturated rings. The van der Waals surface area contributed by atoms with E-state index in [4.69, 9.17) is 4.74 Å². The van der Waals surface area contributed by atoms with Crippen molar-refractivity contribution in [3.63, 3.8) is 0 Å². The minimum absolute atomic E-state index is 0.0290. The maximum atomic E-state index is 14.1. The van der Waals surface area contributed by atoms with E-state index in [1.165, 1.54) is 23.8 Å². The van der Waals surface area contributed by atoms with E-state index < -0.39 is 29.1 Å². The predicted molar refractivity (Wildman–Crippen MR) is 152 cm³/mol. The molecular weight excluding hydrogens is 619 g/mol. The Balaban J connectivity index is 1.26. The molecule has 0 saturated heterocycles. The first kappa shape index (κ1) is 27.8. The Morgan fingerprint density at radius 2 is 1.81 bits per heavy atom. The van der Waals surface area contributed by atoms with E-state index in [9.17, 15) is 28.1 Å². The van der Waals surface area contributed by atoms with Crippen molar-refractivity contribution in [1.82, 2.24) is 9.78 Å². The van der Waals surface area contributed by atoms with Crippen molar-refractivity contribution in [3.05, 3.63) is 104 Å². The van der Waals surface area contributed by atoms with Crippen LogP contribution in [-0.2, 0) is 12.8 Å². The number of alkyl halides is 3. The number of nitrogens with one attached hydrogen (secondary N) is 2. The SMILES string of the molecule is O=C(Nc1cc(Oc2ccc3c(c2)CCC3)cc([N+](=O)[O-])c1)c1cc2n(n1)[C@@H](C(F)(F)F)C[C@H](c1ccc(Br)cc1)N2. The number of aromatic nitrogens is 2. The number of nitro benzene ring substituents is 1. The summed E-state index contributed by atoms with van der Waals surface area (Å²) < 4.78 is 49.7. The molecule has 2 aliphatic rings. The number of fused-ring (bicyclic) bond motifs is 2. The molecule has 2 atom stereocenters. The molecule has 1 aromatic heterocycles. The predicted octanol–water partition coefficient (Wildman–Crippen LogP) is 7.75. The van der Waals surface area contributed by atoms with Crippen molar-refractivity contribution in [2.24, 2.45) is 0 Å². The Morgan fingerprint density at radius 1 is 1.05 bits per heavy atom. The van der Waals surface area contributed by atoms with E-state index in [1.54, 1.807) is 30.3 Å². The zero-order valence-electron chi connectivity index (χ0n) is 21.8. The molecular formula is C29H23BrF3N5O4. The number of aryl methyl sites for hydroxylation is 2. The van der Waals surface area contributed by atoms with Crippen LogP contribution >= 0.6 is 15.9 Å². The van der Waals surface area contributed by atoms with Crippen LogP contribution in [0.25, 0.3) is 0 Å². The standard InChI is InChI=1S/C29H23BrF3N5O4/c30-19-7-4-17(5-8-19)24-14-26(29(31,32)33)37-27(35-24)15-25(36-37)28(39)34-20-11-21(38(40)41)13-23(12-20)42-22-9-6-16-2-1-3-18(16)10-22/h4-13,15,24,26,35H,1-3,14H2,(H,34,39)/t24-,26-/m1/s1. The van der Waals surface area contributed by atoms with Gasteiger partial charge in [-0.15, -0.1) is 0 Å². The Morgan fingerprint density at radius 3 is 2.55 bits per heavy atom. The number of carbonyl (C=O) groups excluding carboxylic acids is 1. The summed E-state index contributed by atoms with van der Waals surface area (Å²) in [5, 5.41) is 21.1. The van der Waals surface area contributed by atoms with Crippen LogP contribution in [0.5, 0.6) is 11.5 Å². The maximum absolute atomic E-state index is 14.1. The first-order chi connectivity index (χ1) is 20.0. The molecule has 1 amide bonds. The number of nitrogens with zero attached hydrogens (tertiary/aromatic N) is 3. The molecule has 9 nitrogen and oxygen atoms in total. The molecule has 42 heavy (non-hydrogen) atoms. The minimum Gasteiger partial charge on any atom is -0.457 e. The highest BCUT2D eigenvalue weighted by molar-refractivity contribution is 9.10. The molecule has 0 saturated carbocycles. The van der Waals surface area contributed by atoms with Gasteiger partial charge in [0, 0.05) is 29.1 Å². The average Bonchev–Trinajstić information content (AvgIpc) is 3.59. The molecule has 0 bridgehead atoms. The Labute approximate surface area is 246 Å². The van der Waals surface area contributed by atoms with Gasteiger partial charge in [-0.2, -0.15) is 18.3 Å². The van der Waals surface area contributed by atoms with Crippen LogP contribution in [0.15, 0.2) is 71.2 Å². The van der Waals surface area contributed by atoms with Crippen LogP contribution in [0, 0.1) is 10.1 Å². The Kier molecular flexibility index (Phi) is 7.13. The van der Waals surface area contributed by atoms with Crippen molar-refractivity contribution in [2.45, 2.75) is 43.9 Å². The highest BCUT2D eigenvalue weighted by Gasteiger charge is 2.46. The van der Waals surface area contributed by atoms with Gasteiger partial charge in [0.2, 0.25) is 0 Å². The van der Waals surface area contributed by atoms with Crippen LogP contribution in [0.2, 0.25) is 0 Å². The summed E-state index contributed by atoms with van der Waals surface area (Å²) in [6.45, 7) is 0. The first-order valence-corrected chi connectivity index (χ1v) is 13.9. The lowest BCUT2D eigenvalue weighted by Gasteiger charge is -2.33. The fraction of sp³-hybridized carbons (Fsp3) is 0.241. The number of anilines is 2. The van der Waals surface area contributed by atoms with Gasteiger partial charge in [0.15, 0.2) is 11.7 Å². The number of amides is 1. The van der Waals surface area contributed by atoms with Crippen molar-refractivity contribution in [3.8, 4) is 11.5 Å². The number of ether oxygens (including phenoxy) is 1. The second kappa shape index (κ2) is 10.8. The number of carbonyl (C=O) groups is 1. The smallest absolute Gasteiger partial charge is 0.410 e. The normalized spacial score (nSPS) is 17.6. The van der Waals surface area contributed by atoms with E-state index in [-0.39, 0.29) is 35.1 Å². The van der Waals surface area contributed by atoms with Gasteiger partial charge >= 0.3 is 6.18 Å². The molecule has 13 heteroatoms. The van der Waals surface area contributed by atoms with Gasteiger partial charge in [-0.1, -0.05) is 34.1 Å². The zero-order chi connectivity index (χ0) is 29.6. The van der Waals surface area contributed by atoms with Gasteiger partial charge in [-0.3, -0.25) is 14.9 Å². The van der Waals surface area contributed by atoms with Gasteiger partial charge < -0.3 is 15.4 Å². The van der Waals surface area contributed by atoms with E-state index >= 15 is 0 Å². The van der Waals surface area contributed by atoms with Crippen LogP contribution in [0.1, 0.15) is 52.1 Å². The van der Waals surface area contributed by atoms with E-state index in [0.29, 0.717) is 11.3 Å². The Bertz CT molecular complexity index is 1690. The molecule has 0 unspecified atom stereocenters. The van der Waals surface area contributed by atoms with Crippen LogP contribution in [0.4, 0.5) is 30.4 Å². The molecule has 3 aromatic carbocycles. The minimum atomic E-state index is -4.62. The lowest BCUT2D eigenvalue weighted by molar-refractivity contribution is -0.384. The average molecular weight is 642 g/mol. The summed E-state index contributed by atoms with van der Waals surface area (Å²) in [5.41, 5.74) is 2.47. The van der Waals surface area contributed by atoms with Gasteiger partial charge in [0.1, 0.15) is 17.3 Å². The summed E-state index contributed by atoms with van der Waals surface area (Å²) in [5.74, 6) is -0.178. The number of hydrogen-bond acceptors (Lipinski definition) is 6. The lowest BCUT2D eigenvalue weighted by atomic mass is 9.97. The highest BCUT2D eigenvalue weighted by atomic mass is 79.9. The maximum Gasteiger partial charge on any atom is 0.410 e. The summed E-state index contributed by atoms with van der Waals surface area (Å²) in [4.78, 5) is 24.1. The van der Waals surface area contributed by atoms with Gasteiger partial charge in [0.05, 0.1) is 22.7 Å². The summed E-state index contributed by atoms with van der Waals surface area (Å²) in [7, 11) is 0. The van der Waals surface area contributed by atoms with Crippen molar-refractivity contribution in [1.29, 1.82) is 0 Å². The summed E-state index contributed by atoms with van der Waals surface area (Å²) in [6.07, 6.45) is -1.98. The first-order valence-electron chi connectivity index (χ1n) is 13.1. The monoisotopic (exact) mass is 641 g/mol. The molecule has 6 rings (SSSR count). The number of nitro groups is 1. The third-order valence-electron chi connectivity index (χ3n) is 7.36. The van der Waals surface area contributed by atoms with E-state index in [1.807, 2.05) is 12.1 Å². The fourth-order valence-corrected chi connectivity index (χ4v) is 5.63. The lowest BCUT2D eigenvalue weighted by Crippen LogP contribution is -2.35. The third-order valence-corrected chi connectivity index (χ3v) is 7.89. The van der Waals surface area contributed by atoms with Gasteiger partial charge in [-0.05, 0) is 60.2 Å². The van der Waals surface area contributed by atoms with Crippen LogP contribution < -0.4 is 15.4 Å². The molecule has 216 valence electrons. The highest BCUT2D eigenvalue weighted by Crippen LogP contribution is 2.44. The second-order valence-electron chi connectivity index (χ2n) is 10.2. The van der Waals surface area contributed by atoms with E-state index in [2.05, 4.69) is 31.7 Å². The van der Waals surface area contributed by atoms with E-state index in [0.717, 1.165) is 40.0 Å². The molecule has 1 aliphatic heterocycles. The fourth-order valence-electron chi connectivity index (χ4n) is 5.36. The molecule has 4 aromatic rings. The van der Waals surface area contributed by atoms with Gasteiger partial charge in [0.25, 0.3) is 11.6 Å². The molecule has 2 heterocycles. The second-order valence-corrected chi connectivity index (χ2v) is 11.1. The Hall–Kier alpha value is -4.39. The number of rotatable bonds is 6. The number of halogens is 4.